The molecule has 0 amide bonds. The van der Waals surface area contributed by atoms with Crippen molar-refractivity contribution in [2.45, 2.75) is 25.8 Å². The summed E-state index contributed by atoms with van der Waals surface area (Å²) in [6.45, 7) is 7.06. The van der Waals surface area contributed by atoms with Crippen LogP contribution in [0.15, 0.2) is 22.5 Å². The number of nitrogens with one attached hydrogen (secondary N) is 2. The lowest BCUT2D eigenvalue weighted by Crippen LogP contribution is -2.40. The highest BCUT2D eigenvalue weighted by atomic mass is 127. The van der Waals surface area contributed by atoms with Gasteiger partial charge in [-0.3, -0.25) is 9.89 Å². The van der Waals surface area contributed by atoms with Gasteiger partial charge >= 0.3 is 0 Å². The molecule has 162 valence electrons. The quantitative estimate of drug-likeness (QED) is 0.192. The van der Waals surface area contributed by atoms with Gasteiger partial charge in [0.15, 0.2) is 5.96 Å². The van der Waals surface area contributed by atoms with Crippen LogP contribution in [-0.4, -0.2) is 77.2 Å². The molecule has 2 N–H and O–H groups in total. The number of hydrogen-bond acceptors (Lipinski definition) is 6. The Morgan fingerprint density at radius 1 is 1.32 bits per heavy atom. The molecule has 7 nitrogen and oxygen atoms in total. The molecule has 0 radical (unpaired) electrons. The monoisotopic (exact) mass is 544 g/mol. The van der Waals surface area contributed by atoms with Gasteiger partial charge in [0.05, 0.1) is 31.6 Å². The zero-order valence-electron chi connectivity index (χ0n) is 16.7. The van der Waals surface area contributed by atoms with Gasteiger partial charge in [-0.25, -0.2) is 8.42 Å². The van der Waals surface area contributed by atoms with Crippen LogP contribution in [0.5, 0.6) is 0 Å². The van der Waals surface area contributed by atoms with Crippen molar-refractivity contribution < 1.29 is 13.2 Å². The molecule has 1 aliphatic rings. The van der Waals surface area contributed by atoms with Crippen LogP contribution in [0.25, 0.3) is 0 Å². The van der Waals surface area contributed by atoms with Crippen LogP contribution in [0.4, 0.5) is 0 Å². The van der Waals surface area contributed by atoms with Gasteiger partial charge in [-0.2, -0.15) is 0 Å². The van der Waals surface area contributed by atoms with Crippen molar-refractivity contribution in [1.29, 1.82) is 0 Å². The normalized spacial score (nSPS) is 16.6. The Kier molecular flexibility index (Phi) is 12.6. The molecule has 1 aromatic heterocycles. The fourth-order valence-electron chi connectivity index (χ4n) is 2.99. The van der Waals surface area contributed by atoms with Crippen molar-refractivity contribution in [1.82, 2.24) is 15.5 Å². The minimum atomic E-state index is -2.97. The van der Waals surface area contributed by atoms with E-state index in [0.717, 1.165) is 25.6 Å². The van der Waals surface area contributed by atoms with Crippen LogP contribution < -0.4 is 10.6 Å². The number of halogens is 1. The molecule has 0 saturated carbocycles. The Balaban J connectivity index is 0.00000392. The predicted molar refractivity (Wildman–Crippen MR) is 128 cm³/mol. The first kappa shape index (κ1) is 25.6. The molecule has 2 rings (SSSR count). The smallest absolute Gasteiger partial charge is 0.191 e. The van der Waals surface area contributed by atoms with Gasteiger partial charge in [-0.05, 0) is 44.3 Å². The number of sulfone groups is 1. The summed E-state index contributed by atoms with van der Waals surface area (Å²) in [6.07, 6.45) is 3.73. The second kappa shape index (κ2) is 13.7. The number of nitrogens with zero attached hydrogens (tertiary/aromatic N) is 2. The molecule has 0 aromatic carbocycles. The van der Waals surface area contributed by atoms with Crippen LogP contribution in [0.2, 0.25) is 0 Å². The van der Waals surface area contributed by atoms with Crippen LogP contribution in [0, 0.1) is 0 Å². The van der Waals surface area contributed by atoms with Crippen molar-refractivity contribution in [3.8, 4) is 0 Å². The standard InChI is InChI=1S/C18H32N4O3S2.HI/c1-3-19-18(20-8-11-25-12-14-27(2,23)24)21-15-16(17-7-6-13-26-17)22-9-4-5-10-22;/h6-7,13,16H,3-5,8-12,14-15H2,1-2H3,(H2,19,20,21);1H. The summed E-state index contributed by atoms with van der Waals surface area (Å²) < 4.78 is 27.5. The molecule has 1 fully saturated rings. The third-order valence-electron chi connectivity index (χ3n) is 4.36. The second-order valence-corrected chi connectivity index (χ2v) is 9.90. The number of hydrogen-bond donors (Lipinski definition) is 2. The molecule has 0 aliphatic carbocycles. The highest BCUT2D eigenvalue weighted by molar-refractivity contribution is 14.0. The summed E-state index contributed by atoms with van der Waals surface area (Å²) in [4.78, 5) is 8.66. The molecule has 0 bridgehead atoms. The van der Waals surface area contributed by atoms with Crippen molar-refractivity contribution in [3.63, 3.8) is 0 Å². The summed E-state index contributed by atoms with van der Waals surface area (Å²) in [6, 6.07) is 4.62. The molecule has 1 atom stereocenters. The fourth-order valence-corrected chi connectivity index (χ4v) is 4.27. The van der Waals surface area contributed by atoms with E-state index in [-0.39, 0.29) is 36.3 Å². The molecule has 28 heavy (non-hydrogen) atoms. The molecule has 2 heterocycles. The first-order valence-corrected chi connectivity index (χ1v) is 12.5. The lowest BCUT2D eigenvalue weighted by Gasteiger charge is -2.25. The molecular weight excluding hydrogens is 511 g/mol. The predicted octanol–water partition coefficient (Wildman–Crippen LogP) is 2.12. The summed E-state index contributed by atoms with van der Waals surface area (Å²) in [5.41, 5.74) is 0. The van der Waals surface area contributed by atoms with E-state index in [1.165, 1.54) is 24.0 Å². The van der Waals surface area contributed by atoms with Crippen molar-refractivity contribution in [3.05, 3.63) is 22.4 Å². The molecule has 0 spiro atoms. The van der Waals surface area contributed by atoms with E-state index in [9.17, 15) is 8.42 Å². The lowest BCUT2D eigenvalue weighted by atomic mass is 10.2. The fraction of sp³-hybridized carbons (Fsp3) is 0.722. The number of ether oxygens (including phenoxy) is 1. The van der Waals surface area contributed by atoms with E-state index in [4.69, 9.17) is 9.73 Å². The average molecular weight is 545 g/mol. The Hall–Kier alpha value is -0.430. The molecule has 1 aliphatic heterocycles. The van der Waals surface area contributed by atoms with Gasteiger partial charge in [0.1, 0.15) is 9.84 Å². The SMILES string of the molecule is CCNC(=NCC(c1cccs1)N1CCCC1)NCCOCCS(C)(=O)=O.I. The number of likely N-dealkylation sites (tertiary alicyclic amines) is 1. The van der Waals surface area contributed by atoms with Crippen molar-refractivity contribution in [2.24, 2.45) is 4.99 Å². The van der Waals surface area contributed by atoms with Gasteiger partial charge in [0, 0.05) is 24.2 Å². The molecular formula is C18H33IN4O3S2. The first-order valence-electron chi connectivity index (χ1n) is 9.54. The van der Waals surface area contributed by atoms with Crippen LogP contribution in [0.1, 0.15) is 30.7 Å². The van der Waals surface area contributed by atoms with E-state index in [0.29, 0.717) is 25.7 Å². The highest BCUT2D eigenvalue weighted by Gasteiger charge is 2.24. The molecule has 1 aromatic rings. The van der Waals surface area contributed by atoms with E-state index >= 15 is 0 Å². The van der Waals surface area contributed by atoms with Crippen LogP contribution in [-0.2, 0) is 14.6 Å². The summed E-state index contributed by atoms with van der Waals surface area (Å²) >= 11 is 1.79. The Labute approximate surface area is 190 Å². The third kappa shape index (κ3) is 9.86. The zero-order chi connectivity index (χ0) is 19.5. The maximum absolute atomic E-state index is 11.1. The summed E-state index contributed by atoms with van der Waals surface area (Å²) in [5, 5.41) is 8.64. The minimum Gasteiger partial charge on any atom is -0.379 e. The maximum Gasteiger partial charge on any atom is 0.191 e. The van der Waals surface area contributed by atoms with E-state index in [1.807, 2.05) is 6.92 Å². The van der Waals surface area contributed by atoms with E-state index < -0.39 is 9.84 Å². The van der Waals surface area contributed by atoms with Gasteiger partial charge in [0.25, 0.3) is 0 Å². The molecule has 1 unspecified atom stereocenters. The zero-order valence-corrected chi connectivity index (χ0v) is 20.7. The average Bonchev–Trinajstić information content (AvgIpc) is 3.31. The van der Waals surface area contributed by atoms with E-state index in [2.05, 4.69) is 33.0 Å². The highest BCUT2D eigenvalue weighted by Crippen LogP contribution is 2.28. The molecule has 10 heteroatoms. The Morgan fingerprint density at radius 2 is 2.07 bits per heavy atom. The van der Waals surface area contributed by atoms with Gasteiger partial charge in [-0.15, -0.1) is 35.3 Å². The Bertz CT molecular complexity index is 662. The summed E-state index contributed by atoms with van der Waals surface area (Å²) in [7, 11) is -2.97. The number of aliphatic imine (C=N–C) groups is 1. The number of thiophene rings is 1. The summed E-state index contributed by atoms with van der Waals surface area (Å²) in [5.74, 6) is 0.824. The second-order valence-electron chi connectivity index (χ2n) is 6.66. The van der Waals surface area contributed by atoms with Crippen molar-refractivity contribution in [2.75, 3.05) is 57.9 Å². The lowest BCUT2D eigenvalue weighted by molar-refractivity contribution is 0.154. The van der Waals surface area contributed by atoms with E-state index in [1.54, 1.807) is 11.3 Å². The minimum absolute atomic E-state index is 0. The first-order chi connectivity index (χ1) is 13.0. The number of rotatable bonds is 11. The third-order valence-corrected chi connectivity index (χ3v) is 6.24. The largest absolute Gasteiger partial charge is 0.379 e. The van der Waals surface area contributed by atoms with Gasteiger partial charge in [-0.1, -0.05) is 6.07 Å². The Morgan fingerprint density at radius 3 is 2.68 bits per heavy atom. The van der Waals surface area contributed by atoms with Gasteiger partial charge in [0.2, 0.25) is 0 Å². The number of guanidine groups is 1. The molecule has 1 saturated heterocycles. The topological polar surface area (TPSA) is 83.0 Å². The van der Waals surface area contributed by atoms with Gasteiger partial charge < -0.3 is 15.4 Å². The van der Waals surface area contributed by atoms with Crippen molar-refractivity contribution >= 4 is 51.1 Å². The van der Waals surface area contributed by atoms with Crippen LogP contribution >= 0.6 is 35.3 Å². The van der Waals surface area contributed by atoms with Crippen LogP contribution in [0.3, 0.4) is 0 Å². The maximum atomic E-state index is 11.1.